The van der Waals surface area contributed by atoms with Crippen molar-refractivity contribution in [2.24, 2.45) is 5.73 Å². The van der Waals surface area contributed by atoms with Crippen molar-refractivity contribution in [1.29, 1.82) is 0 Å². The first-order valence-corrected chi connectivity index (χ1v) is 5.96. The van der Waals surface area contributed by atoms with Crippen LogP contribution in [0.25, 0.3) is 5.69 Å². The van der Waals surface area contributed by atoms with Gasteiger partial charge in [0.2, 0.25) is 5.75 Å². The molecule has 1 aromatic heterocycles. The maximum Gasteiger partial charge on any atom is 0.203 e. The van der Waals surface area contributed by atoms with Crippen LogP contribution in [0.1, 0.15) is 18.8 Å². The Morgan fingerprint density at radius 3 is 2.15 bits per heavy atom. The van der Waals surface area contributed by atoms with Gasteiger partial charge in [0.1, 0.15) is 0 Å². The van der Waals surface area contributed by atoms with Gasteiger partial charge in [-0.1, -0.05) is 0 Å². The monoisotopic (exact) mass is 279 g/mol. The van der Waals surface area contributed by atoms with E-state index < -0.39 is 0 Å². The molecule has 0 aliphatic rings. The molecule has 0 amide bonds. The third-order valence-electron chi connectivity index (χ3n) is 2.79. The summed E-state index contributed by atoms with van der Waals surface area (Å²) in [6.07, 6.45) is 0. The third-order valence-corrected chi connectivity index (χ3v) is 2.79. The fraction of sp³-hybridized carbons (Fsp3) is 0.417. The van der Waals surface area contributed by atoms with Crippen LogP contribution in [-0.4, -0.2) is 41.5 Å². The summed E-state index contributed by atoms with van der Waals surface area (Å²) in [6, 6.07) is 3.21. The van der Waals surface area contributed by atoms with Crippen molar-refractivity contribution in [3.05, 3.63) is 18.0 Å². The lowest BCUT2D eigenvalue weighted by molar-refractivity contribution is 0.324. The van der Waals surface area contributed by atoms with Crippen molar-refractivity contribution in [1.82, 2.24) is 20.2 Å². The molecular weight excluding hydrogens is 262 g/mol. The van der Waals surface area contributed by atoms with Crippen molar-refractivity contribution in [2.45, 2.75) is 13.0 Å². The molecule has 0 bridgehead atoms. The van der Waals surface area contributed by atoms with E-state index in [1.165, 1.54) is 4.68 Å². The predicted octanol–water partition coefficient (Wildman–Crippen LogP) is 0.708. The maximum atomic E-state index is 5.84. The molecule has 8 heteroatoms. The minimum Gasteiger partial charge on any atom is -0.493 e. The Kier molecular flexibility index (Phi) is 4.04. The standard InChI is InChI=1S/C12H17N5O3/c1-7(13)12-14-15-16-17(12)8-5-9(18-2)11(20-4)10(6-8)19-3/h5-7H,13H2,1-4H3. The van der Waals surface area contributed by atoms with Gasteiger partial charge in [-0.05, 0) is 17.4 Å². The van der Waals surface area contributed by atoms with Crippen LogP contribution in [0, 0.1) is 0 Å². The highest BCUT2D eigenvalue weighted by Crippen LogP contribution is 2.39. The number of tetrazole rings is 1. The van der Waals surface area contributed by atoms with Crippen LogP contribution in [0.2, 0.25) is 0 Å². The molecular formula is C12H17N5O3. The first kappa shape index (κ1) is 14.1. The van der Waals surface area contributed by atoms with Crippen molar-refractivity contribution < 1.29 is 14.2 Å². The highest BCUT2D eigenvalue weighted by Gasteiger charge is 2.18. The van der Waals surface area contributed by atoms with E-state index in [4.69, 9.17) is 19.9 Å². The van der Waals surface area contributed by atoms with Gasteiger partial charge in [-0.25, -0.2) is 0 Å². The third kappa shape index (κ3) is 2.37. The lowest BCUT2D eigenvalue weighted by atomic mass is 10.2. The average molecular weight is 279 g/mol. The van der Waals surface area contributed by atoms with Gasteiger partial charge in [0.15, 0.2) is 17.3 Å². The van der Waals surface area contributed by atoms with E-state index in [9.17, 15) is 0 Å². The number of hydrogen-bond acceptors (Lipinski definition) is 7. The van der Waals surface area contributed by atoms with E-state index in [0.29, 0.717) is 28.8 Å². The number of benzene rings is 1. The summed E-state index contributed by atoms with van der Waals surface area (Å²) in [5.74, 6) is 2.09. The van der Waals surface area contributed by atoms with E-state index in [0.717, 1.165) is 0 Å². The predicted molar refractivity (Wildman–Crippen MR) is 71.4 cm³/mol. The zero-order chi connectivity index (χ0) is 14.7. The van der Waals surface area contributed by atoms with Gasteiger partial charge >= 0.3 is 0 Å². The smallest absolute Gasteiger partial charge is 0.203 e. The number of hydrogen-bond donors (Lipinski definition) is 1. The molecule has 0 fully saturated rings. The van der Waals surface area contributed by atoms with Gasteiger partial charge in [-0.15, -0.1) is 5.10 Å². The van der Waals surface area contributed by atoms with Crippen molar-refractivity contribution in [2.75, 3.05) is 21.3 Å². The van der Waals surface area contributed by atoms with Gasteiger partial charge in [0, 0.05) is 12.1 Å². The number of nitrogens with zero attached hydrogens (tertiary/aromatic N) is 4. The molecule has 1 atom stereocenters. The molecule has 0 saturated carbocycles. The van der Waals surface area contributed by atoms with Crippen LogP contribution < -0.4 is 19.9 Å². The molecule has 0 radical (unpaired) electrons. The molecule has 0 aliphatic heterocycles. The summed E-state index contributed by atoms with van der Waals surface area (Å²) in [5, 5.41) is 11.5. The number of ether oxygens (including phenoxy) is 3. The molecule has 0 saturated heterocycles. The Morgan fingerprint density at radius 2 is 1.70 bits per heavy atom. The van der Waals surface area contributed by atoms with Gasteiger partial charge in [-0.3, -0.25) is 0 Å². The number of rotatable bonds is 5. The van der Waals surface area contributed by atoms with Gasteiger partial charge in [0.05, 0.1) is 33.1 Å². The fourth-order valence-corrected chi connectivity index (χ4v) is 1.85. The Bertz CT molecular complexity index is 572. The van der Waals surface area contributed by atoms with E-state index in [-0.39, 0.29) is 6.04 Å². The van der Waals surface area contributed by atoms with Gasteiger partial charge < -0.3 is 19.9 Å². The average Bonchev–Trinajstić information content (AvgIpc) is 2.95. The van der Waals surface area contributed by atoms with E-state index in [1.54, 1.807) is 40.4 Å². The van der Waals surface area contributed by atoms with E-state index >= 15 is 0 Å². The second-order valence-electron chi connectivity index (χ2n) is 4.12. The molecule has 2 rings (SSSR count). The van der Waals surface area contributed by atoms with Crippen LogP contribution in [0.3, 0.4) is 0 Å². The SMILES string of the molecule is COc1cc(-n2nnnc2C(C)N)cc(OC)c1OC. The molecule has 1 unspecified atom stereocenters. The molecule has 8 nitrogen and oxygen atoms in total. The number of nitrogens with two attached hydrogens (primary N) is 1. The molecule has 1 heterocycles. The van der Waals surface area contributed by atoms with Crippen molar-refractivity contribution in [3.8, 4) is 22.9 Å². The molecule has 20 heavy (non-hydrogen) atoms. The Morgan fingerprint density at radius 1 is 1.10 bits per heavy atom. The van der Waals surface area contributed by atoms with Crippen molar-refractivity contribution >= 4 is 0 Å². The molecule has 2 aromatic rings. The second-order valence-corrected chi connectivity index (χ2v) is 4.12. The first-order chi connectivity index (χ1) is 9.62. The Hall–Kier alpha value is -2.35. The first-order valence-electron chi connectivity index (χ1n) is 5.96. The van der Waals surface area contributed by atoms with Crippen LogP contribution >= 0.6 is 0 Å². The summed E-state index contributed by atoms with van der Waals surface area (Å²) >= 11 is 0. The molecule has 1 aromatic carbocycles. The zero-order valence-corrected chi connectivity index (χ0v) is 11.8. The Labute approximate surface area is 116 Å². The van der Waals surface area contributed by atoms with Gasteiger partial charge in [0.25, 0.3) is 0 Å². The maximum absolute atomic E-state index is 5.84. The summed E-state index contributed by atoms with van der Waals surface area (Å²) in [6.45, 7) is 1.81. The van der Waals surface area contributed by atoms with Gasteiger partial charge in [-0.2, -0.15) is 4.68 Å². The zero-order valence-electron chi connectivity index (χ0n) is 11.8. The van der Waals surface area contributed by atoms with Crippen LogP contribution in [0.5, 0.6) is 17.2 Å². The molecule has 2 N–H and O–H groups in total. The topological polar surface area (TPSA) is 97.3 Å². The number of aromatic nitrogens is 4. The highest BCUT2D eigenvalue weighted by atomic mass is 16.5. The molecule has 0 spiro atoms. The quantitative estimate of drug-likeness (QED) is 0.860. The lowest BCUT2D eigenvalue weighted by Crippen LogP contribution is -2.13. The highest BCUT2D eigenvalue weighted by molar-refractivity contribution is 5.58. The normalized spacial score (nSPS) is 12.1. The fourth-order valence-electron chi connectivity index (χ4n) is 1.85. The minimum atomic E-state index is -0.302. The van der Waals surface area contributed by atoms with E-state index in [1.807, 2.05) is 0 Å². The summed E-state index contributed by atoms with van der Waals surface area (Å²) in [7, 11) is 4.64. The summed E-state index contributed by atoms with van der Waals surface area (Å²) < 4.78 is 17.4. The van der Waals surface area contributed by atoms with E-state index in [2.05, 4.69) is 15.5 Å². The summed E-state index contributed by atoms with van der Waals surface area (Å²) in [5.41, 5.74) is 6.52. The Balaban J connectivity index is 2.60. The van der Waals surface area contributed by atoms with Crippen LogP contribution in [0.15, 0.2) is 12.1 Å². The lowest BCUT2D eigenvalue weighted by Gasteiger charge is -2.14. The molecule has 0 aliphatic carbocycles. The van der Waals surface area contributed by atoms with Crippen LogP contribution in [0.4, 0.5) is 0 Å². The summed E-state index contributed by atoms with van der Waals surface area (Å²) in [4.78, 5) is 0. The second kappa shape index (κ2) is 5.74. The van der Waals surface area contributed by atoms with Crippen LogP contribution in [-0.2, 0) is 0 Å². The molecule has 108 valence electrons. The minimum absolute atomic E-state index is 0.302. The largest absolute Gasteiger partial charge is 0.493 e. The number of methoxy groups -OCH3 is 3. The van der Waals surface area contributed by atoms with Crippen molar-refractivity contribution in [3.63, 3.8) is 0 Å².